The molecule has 0 aliphatic rings. The van der Waals surface area contributed by atoms with E-state index in [1.807, 2.05) is 6.92 Å². The Morgan fingerprint density at radius 3 is 2.42 bits per heavy atom. The van der Waals surface area contributed by atoms with E-state index in [4.69, 9.17) is 0 Å². The Bertz CT molecular complexity index is 432. The number of hydrogen-bond acceptors (Lipinski definition) is 3. The Hall–Kier alpha value is -1.49. The Labute approximate surface area is 118 Å². The maximum Gasteiger partial charge on any atom is 0.319 e. The van der Waals surface area contributed by atoms with Gasteiger partial charge in [0.05, 0.1) is 0 Å². The van der Waals surface area contributed by atoms with Gasteiger partial charge in [-0.15, -0.1) is 0 Å². The van der Waals surface area contributed by atoms with E-state index >= 15 is 0 Å². The first-order valence-corrected chi connectivity index (χ1v) is 7.44. The minimum atomic E-state index is -0.222. The van der Waals surface area contributed by atoms with Crippen molar-refractivity contribution in [3.05, 3.63) is 29.8 Å². The molecule has 5 heteroatoms. The normalized spacial score (nSPS) is 11.7. The fourth-order valence-electron chi connectivity index (χ4n) is 1.52. The maximum atomic E-state index is 11.7. The van der Waals surface area contributed by atoms with Crippen LogP contribution in [0.4, 0.5) is 10.5 Å². The predicted molar refractivity (Wildman–Crippen MR) is 81.1 cm³/mol. The summed E-state index contributed by atoms with van der Waals surface area (Å²) in [5.74, 6) is 1.95. The molecule has 1 atom stereocenters. The van der Waals surface area contributed by atoms with Crippen LogP contribution in [-0.2, 0) is 0 Å². The summed E-state index contributed by atoms with van der Waals surface area (Å²) in [4.78, 5) is 22.8. The van der Waals surface area contributed by atoms with Crippen molar-refractivity contribution in [3.8, 4) is 0 Å². The van der Waals surface area contributed by atoms with Gasteiger partial charge in [0.25, 0.3) is 0 Å². The summed E-state index contributed by atoms with van der Waals surface area (Å²) in [5.41, 5.74) is 1.32. The van der Waals surface area contributed by atoms with Crippen LogP contribution in [0.25, 0.3) is 0 Å². The van der Waals surface area contributed by atoms with Gasteiger partial charge in [-0.1, -0.05) is 6.92 Å². The van der Waals surface area contributed by atoms with Crippen molar-refractivity contribution in [2.24, 2.45) is 0 Å². The molecule has 0 aliphatic heterocycles. The lowest BCUT2D eigenvalue weighted by Crippen LogP contribution is -2.37. The van der Waals surface area contributed by atoms with Crippen molar-refractivity contribution in [2.75, 3.05) is 16.8 Å². The molecule has 4 nitrogen and oxygen atoms in total. The van der Waals surface area contributed by atoms with E-state index in [0.29, 0.717) is 11.3 Å². The molecule has 1 aromatic rings. The molecule has 0 aliphatic carbocycles. The van der Waals surface area contributed by atoms with Crippen molar-refractivity contribution in [3.63, 3.8) is 0 Å². The molecule has 1 aromatic carbocycles. The van der Waals surface area contributed by atoms with Crippen molar-refractivity contribution in [2.45, 2.75) is 26.8 Å². The van der Waals surface area contributed by atoms with Gasteiger partial charge in [-0.2, -0.15) is 11.8 Å². The first-order chi connectivity index (χ1) is 9.02. The third-order valence-corrected chi connectivity index (χ3v) is 3.64. The molecule has 0 saturated heterocycles. The molecule has 1 rings (SSSR count). The molecule has 0 bridgehead atoms. The molecule has 2 amide bonds. The highest BCUT2D eigenvalue weighted by molar-refractivity contribution is 7.99. The van der Waals surface area contributed by atoms with Crippen LogP contribution < -0.4 is 10.6 Å². The van der Waals surface area contributed by atoms with E-state index < -0.39 is 0 Å². The fourth-order valence-corrected chi connectivity index (χ4v) is 2.19. The molecule has 0 radical (unpaired) electrons. The summed E-state index contributed by atoms with van der Waals surface area (Å²) in [6.07, 6.45) is 0. The topological polar surface area (TPSA) is 58.2 Å². The molecule has 2 N–H and O–H groups in total. The second-order valence-electron chi connectivity index (χ2n) is 4.29. The molecule has 1 unspecified atom stereocenters. The summed E-state index contributed by atoms with van der Waals surface area (Å²) < 4.78 is 0. The number of nitrogens with one attached hydrogen (secondary N) is 2. The number of thioether (sulfide) groups is 1. The van der Waals surface area contributed by atoms with Gasteiger partial charge in [0.1, 0.15) is 0 Å². The van der Waals surface area contributed by atoms with Crippen LogP contribution in [0.15, 0.2) is 24.3 Å². The lowest BCUT2D eigenvalue weighted by molar-refractivity contribution is 0.101. The second kappa shape index (κ2) is 7.84. The molecular formula is C14H20N2O2S. The Morgan fingerprint density at radius 1 is 1.26 bits per heavy atom. The molecule has 0 heterocycles. The summed E-state index contributed by atoms with van der Waals surface area (Å²) >= 11 is 1.79. The van der Waals surface area contributed by atoms with Crippen molar-refractivity contribution in [1.82, 2.24) is 5.32 Å². The monoisotopic (exact) mass is 280 g/mol. The van der Waals surface area contributed by atoms with Gasteiger partial charge in [0, 0.05) is 23.0 Å². The number of ketones is 1. The number of carbonyl (C=O) groups is 2. The van der Waals surface area contributed by atoms with Gasteiger partial charge >= 0.3 is 6.03 Å². The first kappa shape index (κ1) is 15.6. The van der Waals surface area contributed by atoms with Gasteiger partial charge < -0.3 is 10.6 Å². The van der Waals surface area contributed by atoms with E-state index in [2.05, 4.69) is 17.6 Å². The molecular weight excluding hydrogens is 260 g/mol. The average molecular weight is 280 g/mol. The van der Waals surface area contributed by atoms with Crippen LogP contribution >= 0.6 is 11.8 Å². The number of urea groups is 1. The van der Waals surface area contributed by atoms with Crippen LogP contribution in [-0.4, -0.2) is 29.4 Å². The maximum absolute atomic E-state index is 11.7. The van der Waals surface area contributed by atoms with E-state index in [0.717, 1.165) is 11.5 Å². The quantitative estimate of drug-likeness (QED) is 0.787. The lowest BCUT2D eigenvalue weighted by atomic mass is 10.1. The Kier molecular flexibility index (Phi) is 6.42. The van der Waals surface area contributed by atoms with Gasteiger partial charge in [-0.3, -0.25) is 4.79 Å². The van der Waals surface area contributed by atoms with Crippen molar-refractivity contribution in [1.29, 1.82) is 0 Å². The number of amides is 2. The van der Waals surface area contributed by atoms with E-state index in [1.165, 1.54) is 6.92 Å². The largest absolute Gasteiger partial charge is 0.335 e. The van der Waals surface area contributed by atoms with Gasteiger partial charge in [-0.25, -0.2) is 4.79 Å². The van der Waals surface area contributed by atoms with Crippen LogP contribution in [0.2, 0.25) is 0 Å². The number of Topliss-reactive ketones (excluding diaryl/α,β-unsaturated/α-hetero) is 1. The average Bonchev–Trinajstić information content (AvgIpc) is 2.36. The number of carbonyl (C=O) groups excluding carboxylic acids is 2. The zero-order chi connectivity index (χ0) is 14.3. The fraction of sp³-hybridized carbons (Fsp3) is 0.429. The third-order valence-electron chi connectivity index (χ3n) is 2.50. The minimum Gasteiger partial charge on any atom is -0.335 e. The first-order valence-electron chi connectivity index (χ1n) is 6.29. The van der Waals surface area contributed by atoms with E-state index in [-0.39, 0.29) is 17.9 Å². The van der Waals surface area contributed by atoms with Crippen molar-refractivity contribution >= 4 is 29.3 Å². The van der Waals surface area contributed by atoms with Gasteiger partial charge in [-0.05, 0) is 43.9 Å². The van der Waals surface area contributed by atoms with Crippen LogP contribution in [0.3, 0.4) is 0 Å². The highest BCUT2D eigenvalue weighted by Crippen LogP contribution is 2.10. The van der Waals surface area contributed by atoms with E-state index in [1.54, 1.807) is 36.0 Å². The number of hydrogen-bond donors (Lipinski definition) is 2. The van der Waals surface area contributed by atoms with Gasteiger partial charge in [0.2, 0.25) is 0 Å². The number of anilines is 1. The highest BCUT2D eigenvalue weighted by atomic mass is 32.2. The molecule has 19 heavy (non-hydrogen) atoms. The zero-order valence-corrected chi connectivity index (χ0v) is 12.3. The predicted octanol–water partition coefficient (Wildman–Crippen LogP) is 3.15. The Morgan fingerprint density at radius 2 is 1.89 bits per heavy atom. The zero-order valence-electron chi connectivity index (χ0n) is 11.5. The minimum absolute atomic E-state index is 0.0150. The Balaban J connectivity index is 2.45. The standard InChI is InChI=1S/C14H20N2O2S/c1-4-19-9-10(2)15-14(18)16-13-7-5-12(6-8-13)11(3)17/h5-8,10H,4,9H2,1-3H3,(H2,15,16,18). The lowest BCUT2D eigenvalue weighted by Gasteiger charge is -2.14. The molecule has 0 saturated carbocycles. The smallest absolute Gasteiger partial charge is 0.319 e. The summed E-state index contributed by atoms with van der Waals surface area (Å²) in [6, 6.07) is 6.76. The molecule has 104 valence electrons. The van der Waals surface area contributed by atoms with Crippen LogP contribution in [0.1, 0.15) is 31.1 Å². The van der Waals surface area contributed by atoms with E-state index in [9.17, 15) is 9.59 Å². The highest BCUT2D eigenvalue weighted by Gasteiger charge is 2.07. The van der Waals surface area contributed by atoms with Crippen LogP contribution in [0.5, 0.6) is 0 Å². The molecule has 0 aromatic heterocycles. The van der Waals surface area contributed by atoms with Crippen LogP contribution in [0, 0.1) is 0 Å². The van der Waals surface area contributed by atoms with Gasteiger partial charge in [0.15, 0.2) is 5.78 Å². The number of rotatable bonds is 6. The SMILES string of the molecule is CCSCC(C)NC(=O)Nc1ccc(C(C)=O)cc1. The summed E-state index contributed by atoms with van der Waals surface area (Å²) in [7, 11) is 0. The number of benzene rings is 1. The van der Waals surface area contributed by atoms with Crippen molar-refractivity contribution < 1.29 is 9.59 Å². The second-order valence-corrected chi connectivity index (χ2v) is 5.61. The summed E-state index contributed by atoms with van der Waals surface area (Å²) in [5, 5.41) is 5.61. The summed E-state index contributed by atoms with van der Waals surface area (Å²) in [6.45, 7) is 5.58. The molecule has 0 fully saturated rings. The molecule has 0 spiro atoms. The third kappa shape index (κ3) is 5.79.